The highest BCUT2D eigenvalue weighted by molar-refractivity contribution is 5.71. The van der Waals surface area contributed by atoms with Crippen LogP contribution in [0.4, 0.5) is 11.4 Å². The van der Waals surface area contributed by atoms with Crippen LogP contribution >= 0.6 is 0 Å². The van der Waals surface area contributed by atoms with E-state index in [0.29, 0.717) is 6.67 Å². The highest BCUT2D eigenvalue weighted by Crippen LogP contribution is 2.15. The lowest BCUT2D eigenvalue weighted by Crippen LogP contribution is -2.11. The fourth-order valence-electron chi connectivity index (χ4n) is 3.19. The topological polar surface area (TPSA) is 24.1 Å². The van der Waals surface area contributed by atoms with Crippen LogP contribution in [0.25, 0.3) is 24.3 Å². The van der Waals surface area contributed by atoms with Crippen LogP contribution in [-0.4, -0.2) is 6.67 Å². The maximum Gasteiger partial charge on any atom is 0.0849 e. The lowest BCUT2D eigenvalue weighted by Gasteiger charge is -2.10. The maximum absolute atomic E-state index is 3.41. The van der Waals surface area contributed by atoms with Crippen molar-refractivity contribution in [3.05, 3.63) is 131 Å². The molecule has 0 heterocycles. The van der Waals surface area contributed by atoms with Crippen LogP contribution in [0.5, 0.6) is 0 Å². The van der Waals surface area contributed by atoms with Crippen LogP contribution in [0.3, 0.4) is 0 Å². The van der Waals surface area contributed by atoms with E-state index in [0.717, 1.165) is 11.4 Å². The van der Waals surface area contributed by atoms with Gasteiger partial charge in [0.2, 0.25) is 0 Å². The zero-order valence-corrected chi connectivity index (χ0v) is 17.4. The van der Waals surface area contributed by atoms with E-state index in [9.17, 15) is 0 Å². The maximum atomic E-state index is 3.41. The van der Waals surface area contributed by atoms with E-state index < -0.39 is 0 Å². The molecule has 0 amide bonds. The van der Waals surface area contributed by atoms with Crippen molar-refractivity contribution in [3.63, 3.8) is 0 Å². The van der Waals surface area contributed by atoms with E-state index in [1.54, 1.807) is 0 Å². The molecule has 0 aliphatic heterocycles. The molecule has 0 aliphatic rings. The van der Waals surface area contributed by atoms with E-state index in [-0.39, 0.29) is 0 Å². The molecule has 0 aliphatic carbocycles. The van der Waals surface area contributed by atoms with Crippen molar-refractivity contribution in [3.8, 4) is 0 Å². The van der Waals surface area contributed by atoms with Gasteiger partial charge in [-0.1, -0.05) is 109 Å². The first-order chi connectivity index (χ1) is 15.3. The van der Waals surface area contributed by atoms with E-state index >= 15 is 0 Å². The number of hydrogen-bond acceptors (Lipinski definition) is 2. The average Bonchev–Trinajstić information content (AvgIpc) is 2.84. The molecule has 2 nitrogen and oxygen atoms in total. The van der Waals surface area contributed by atoms with Crippen LogP contribution in [-0.2, 0) is 0 Å². The van der Waals surface area contributed by atoms with E-state index in [1.165, 1.54) is 22.3 Å². The molecule has 4 aromatic rings. The summed E-state index contributed by atoms with van der Waals surface area (Å²) < 4.78 is 0. The molecule has 0 radical (unpaired) electrons. The predicted octanol–water partition coefficient (Wildman–Crippen LogP) is 7.51. The minimum atomic E-state index is 0.665. The Bertz CT molecular complexity index is 1020. The average molecular weight is 403 g/mol. The zero-order chi connectivity index (χ0) is 21.1. The summed E-state index contributed by atoms with van der Waals surface area (Å²) in [5.74, 6) is 0. The Hall–Kier alpha value is -4.04. The van der Waals surface area contributed by atoms with Gasteiger partial charge >= 0.3 is 0 Å². The van der Waals surface area contributed by atoms with Crippen molar-refractivity contribution < 1.29 is 0 Å². The molecule has 0 unspecified atom stereocenters. The van der Waals surface area contributed by atoms with Gasteiger partial charge in [0.25, 0.3) is 0 Å². The summed E-state index contributed by atoms with van der Waals surface area (Å²) in [4.78, 5) is 0. The largest absolute Gasteiger partial charge is 0.368 e. The SMILES string of the molecule is C(=C\c1ccc(NCNc2ccc(/C=C/c3ccccc3)cc2)cc1)/c1ccccc1. The van der Waals surface area contributed by atoms with Crippen LogP contribution in [0.1, 0.15) is 22.3 Å². The molecule has 2 heteroatoms. The van der Waals surface area contributed by atoms with Gasteiger partial charge in [0, 0.05) is 11.4 Å². The number of rotatable bonds is 8. The first kappa shape index (κ1) is 20.2. The van der Waals surface area contributed by atoms with Crippen LogP contribution in [0.2, 0.25) is 0 Å². The van der Waals surface area contributed by atoms with Gasteiger partial charge in [-0.2, -0.15) is 0 Å². The third kappa shape index (κ3) is 6.48. The Balaban J connectivity index is 1.24. The van der Waals surface area contributed by atoms with Gasteiger partial charge in [0.05, 0.1) is 6.67 Å². The highest BCUT2D eigenvalue weighted by Gasteiger charge is 1.95. The third-order valence-electron chi connectivity index (χ3n) is 4.94. The Labute approximate surface area is 184 Å². The second-order valence-electron chi connectivity index (χ2n) is 7.26. The molecular weight excluding hydrogens is 376 g/mol. The van der Waals surface area contributed by atoms with Gasteiger partial charge in [-0.15, -0.1) is 0 Å². The normalized spacial score (nSPS) is 11.1. The molecule has 0 atom stereocenters. The molecular formula is C29H26N2. The van der Waals surface area contributed by atoms with Gasteiger partial charge in [0.15, 0.2) is 0 Å². The van der Waals surface area contributed by atoms with Gasteiger partial charge < -0.3 is 10.6 Å². The predicted molar refractivity (Wildman–Crippen MR) is 136 cm³/mol. The lowest BCUT2D eigenvalue weighted by atomic mass is 10.1. The van der Waals surface area contributed by atoms with Crippen molar-refractivity contribution in [2.75, 3.05) is 17.3 Å². The summed E-state index contributed by atoms with van der Waals surface area (Å²) >= 11 is 0. The van der Waals surface area contributed by atoms with Crippen molar-refractivity contribution in [1.82, 2.24) is 0 Å². The minimum absolute atomic E-state index is 0.665. The zero-order valence-electron chi connectivity index (χ0n) is 17.4. The summed E-state index contributed by atoms with van der Waals surface area (Å²) in [6, 6.07) is 37.6. The number of nitrogens with one attached hydrogen (secondary N) is 2. The Kier molecular flexibility index (Phi) is 6.96. The second kappa shape index (κ2) is 10.7. The molecule has 0 saturated heterocycles. The van der Waals surface area contributed by atoms with Gasteiger partial charge in [0.1, 0.15) is 0 Å². The molecule has 0 saturated carbocycles. The fourth-order valence-corrected chi connectivity index (χ4v) is 3.19. The monoisotopic (exact) mass is 402 g/mol. The number of hydrogen-bond donors (Lipinski definition) is 2. The van der Waals surface area contributed by atoms with Gasteiger partial charge in [-0.05, 0) is 46.5 Å². The van der Waals surface area contributed by atoms with Crippen LogP contribution in [0.15, 0.2) is 109 Å². The number of benzene rings is 4. The first-order valence-corrected chi connectivity index (χ1v) is 10.5. The molecule has 0 fully saturated rings. The summed E-state index contributed by atoms with van der Waals surface area (Å²) in [5.41, 5.74) is 6.95. The Morgan fingerprint density at radius 1 is 0.387 bits per heavy atom. The summed E-state index contributed by atoms with van der Waals surface area (Å²) in [6.45, 7) is 0.665. The van der Waals surface area contributed by atoms with Crippen molar-refractivity contribution in [2.24, 2.45) is 0 Å². The lowest BCUT2D eigenvalue weighted by molar-refractivity contribution is 1.22. The highest BCUT2D eigenvalue weighted by atomic mass is 15.1. The molecule has 0 spiro atoms. The van der Waals surface area contributed by atoms with Gasteiger partial charge in [-0.3, -0.25) is 0 Å². The second-order valence-corrected chi connectivity index (χ2v) is 7.26. The van der Waals surface area contributed by atoms with Crippen molar-refractivity contribution >= 4 is 35.7 Å². The van der Waals surface area contributed by atoms with E-state index in [1.807, 2.05) is 12.1 Å². The molecule has 0 aromatic heterocycles. The fraction of sp³-hybridized carbons (Fsp3) is 0.0345. The molecule has 4 aromatic carbocycles. The first-order valence-electron chi connectivity index (χ1n) is 10.5. The molecule has 4 rings (SSSR count). The quantitative estimate of drug-likeness (QED) is 0.235. The molecule has 152 valence electrons. The number of anilines is 2. The third-order valence-corrected chi connectivity index (χ3v) is 4.94. The minimum Gasteiger partial charge on any atom is -0.368 e. The van der Waals surface area contributed by atoms with Gasteiger partial charge in [-0.25, -0.2) is 0 Å². The van der Waals surface area contributed by atoms with Crippen molar-refractivity contribution in [1.29, 1.82) is 0 Å². The standard InChI is InChI=1S/C29H26N2/c1-3-7-24(8-4-1)11-13-26-15-19-28(20-16-26)30-23-31-29-21-17-27(18-22-29)14-12-25-9-5-2-6-10-25/h1-22,30-31H,23H2/b13-11+,14-12+. The molecule has 31 heavy (non-hydrogen) atoms. The molecule has 0 bridgehead atoms. The van der Waals surface area contributed by atoms with Crippen molar-refractivity contribution in [2.45, 2.75) is 0 Å². The van der Waals surface area contributed by atoms with Crippen LogP contribution < -0.4 is 10.6 Å². The molecule has 2 N–H and O–H groups in total. The summed E-state index contributed by atoms with van der Waals surface area (Å²) in [7, 11) is 0. The summed E-state index contributed by atoms with van der Waals surface area (Å²) in [5, 5.41) is 6.81. The van der Waals surface area contributed by atoms with E-state index in [2.05, 4.69) is 132 Å². The Morgan fingerprint density at radius 3 is 1.06 bits per heavy atom. The van der Waals surface area contributed by atoms with Crippen LogP contribution in [0, 0.1) is 0 Å². The summed E-state index contributed by atoms with van der Waals surface area (Å²) in [6.07, 6.45) is 8.52. The smallest absolute Gasteiger partial charge is 0.0849 e. The Morgan fingerprint density at radius 2 is 0.710 bits per heavy atom. The van der Waals surface area contributed by atoms with E-state index in [4.69, 9.17) is 0 Å².